The summed E-state index contributed by atoms with van der Waals surface area (Å²) in [4.78, 5) is 11.7. The molecule has 5 heteroatoms. The molecule has 0 bridgehead atoms. The Balaban J connectivity index is 3.19. The molecule has 1 fully saturated rings. The van der Waals surface area contributed by atoms with E-state index in [2.05, 4.69) is 0 Å². The minimum atomic E-state index is -0.857. The standard InChI is InChI=1S/C11H20NO4/c1-10(2)7(6-13)8(9(14)16-5)11(3,4)12(10)15/h7-8,13H,6H2,1-5H3/t7-,8+/m1/s1. The molecule has 0 aliphatic carbocycles. The van der Waals surface area contributed by atoms with Crippen molar-refractivity contribution >= 4 is 5.97 Å². The maximum atomic E-state index is 12.1. The topological polar surface area (TPSA) is 69.7 Å². The highest BCUT2D eigenvalue weighted by atomic mass is 16.5. The van der Waals surface area contributed by atoms with E-state index in [0.29, 0.717) is 0 Å². The number of esters is 1. The molecular formula is C11H20NO4. The lowest BCUT2D eigenvalue weighted by Crippen LogP contribution is -2.47. The van der Waals surface area contributed by atoms with Gasteiger partial charge >= 0.3 is 5.97 Å². The fraction of sp³-hybridized carbons (Fsp3) is 0.909. The highest BCUT2D eigenvalue weighted by Gasteiger charge is 2.62. The van der Waals surface area contributed by atoms with Crippen LogP contribution in [0.3, 0.4) is 0 Å². The van der Waals surface area contributed by atoms with Gasteiger partial charge in [-0.15, -0.1) is 10.3 Å². The molecule has 0 unspecified atom stereocenters. The maximum absolute atomic E-state index is 12.1. The van der Waals surface area contributed by atoms with E-state index in [4.69, 9.17) is 4.74 Å². The van der Waals surface area contributed by atoms with Crippen molar-refractivity contribution < 1.29 is 19.8 Å². The van der Waals surface area contributed by atoms with Crippen molar-refractivity contribution in [3.63, 3.8) is 0 Å². The Labute approximate surface area is 96.0 Å². The van der Waals surface area contributed by atoms with Gasteiger partial charge in [-0.1, -0.05) is 0 Å². The number of aliphatic hydroxyl groups is 1. The molecule has 16 heavy (non-hydrogen) atoms. The van der Waals surface area contributed by atoms with Gasteiger partial charge in [0.15, 0.2) is 0 Å². The Kier molecular flexibility index (Phi) is 3.34. The molecule has 1 heterocycles. The number of rotatable bonds is 2. The molecule has 1 saturated heterocycles. The first-order chi connectivity index (χ1) is 7.21. The molecule has 93 valence electrons. The first kappa shape index (κ1) is 13.4. The van der Waals surface area contributed by atoms with Gasteiger partial charge in [0.1, 0.15) is 0 Å². The third-order valence-corrected chi connectivity index (χ3v) is 3.77. The molecule has 0 aromatic rings. The Morgan fingerprint density at radius 1 is 1.31 bits per heavy atom. The van der Waals surface area contributed by atoms with Crippen LogP contribution in [-0.2, 0) is 14.7 Å². The number of hydrogen-bond acceptors (Lipinski definition) is 4. The van der Waals surface area contributed by atoms with Crippen LogP contribution in [0.5, 0.6) is 0 Å². The third kappa shape index (κ3) is 1.63. The van der Waals surface area contributed by atoms with Crippen molar-refractivity contribution in [3.05, 3.63) is 0 Å². The molecule has 0 saturated carbocycles. The monoisotopic (exact) mass is 230 g/mol. The van der Waals surface area contributed by atoms with Crippen LogP contribution in [0.25, 0.3) is 0 Å². The van der Waals surface area contributed by atoms with Gasteiger partial charge in [-0.05, 0) is 27.7 Å². The second-order valence-electron chi connectivity index (χ2n) is 5.39. The molecule has 0 spiro atoms. The van der Waals surface area contributed by atoms with E-state index < -0.39 is 28.9 Å². The van der Waals surface area contributed by atoms with Crippen LogP contribution in [0.15, 0.2) is 0 Å². The van der Waals surface area contributed by atoms with Gasteiger partial charge in [0.25, 0.3) is 0 Å². The second-order valence-corrected chi connectivity index (χ2v) is 5.39. The predicted molar refractivity (Wildman–Crippen MR) is 56.8 cm³/mol. The molecule has 1 rings (SSSR count). The molecule has 1 radical (unpaired) electrons. The highest BCUT2D eigenvalue weighted by molar-refractivity contribution is 5.75. The molecular weight excluding hydrogens is 210 g/mol. The minimum Gasteiger partial charge on any atom is -0.469 e. The summed E-state index contributed by atoms with van der Waals surface area (Å²) in [5, 5.41) is 22.4. The van der Waals surface area contributed by atoms with E-state index >= 15 is 0 Å². The zero-order chi connectivity index (χ0) is 12.7. The summed E-state index contributed by atoms with van der Waals surface area (Å²) in [5.41, 5.74) is -1.62. The van der Waals surface area contributed by atoms with Gasteiger partial charge in [-0.2, -0.15) is 0 Å². The van der Waals surface area contributed by atoms with Gasteiger partial charge in [-0.3, -0.25) is 4.79 Å². The average Bonchev–Trinajstić information content (AvgIpc) is 2.34. The third-order valence-electron chi connectivity index (χ3n) is 3.77. The number of hydrogen-bond donors (Lipinski definition) is 1. The first-order valence-corrected chi connectivity index (χ1v) is 5.37. The largest absolute Gasteiger partial charge is 0.469 e. The van der Waals surface area contributed by atoms with E-state index in [0.717, 1.165) is 5.06 Å². The molecule has 0 aromatic carbocycles. The van der Waals surface area contributed by atoms with E-state index in [9.17, 15) is 15.1 Å². The van der Waals surface area contributed by atoms with E-state index in [-0.39, 0.29) is 6.61 Å². The molecule has 0 amide bonds. The van der Waals surface area contributed by atoms with Gasteiger partial charge in [0.05, 0.1) is 24.1 Å². The molecule has 1 aliphatic heterocycles. The van der Waals surface area contributed by atoms with Crippen LogP contribution >= 0.6 is 0 Å². The number of methoxy groups -OCH3 is 1. The fourth-order valence-corrected chi connectivity index (χ4v) is 2.83. The van der Waals surface area contributed by atoms with Crippen molar-refractivity contribution in [1.29, 1.82) is 0 Å². The molecule has 5 nitrogen and oxygen atoms in total. The Morgan fingerprint density at radius 2 is 1.81 bits per heavy atom. The summed E-state index contributed by atoms with van der Waals surface area (Å²) < 4.78 is 4.73. The molecule has 2 atom stereocenters. The van der Waals surface area contributed by atoms with Crippen molar-refractivity contribution in [1.82, 2.24) is 5.06 Å². The SMILES string of the molecule is COC(=O)[C@@H]1[C@@H](CO)C(C)(C)N([O])C1(C)C. The van der Waals surface area contributed by atoms with Crippen LogP contribution in [0.1, 0.15) is 27.7 Å². The zero-order valence-corrected chi connectivity index (χ0v) is 10.5. The number of ether oxygens (including phenoxy) is 1. The van der Waals surface area contributed by atoms with E-state index in [1.807, 2.05) is 0 Å². The lowest BCUT2D eigenvalue weighted by molar-refractivity contribution is -0.252. The first-order valence-electron chi connectivity index (χ1n) is 5.37. The number of hydroxylamine groups is 2. The van der Waals surface area contributed by atoms with Crippen molar-refractivity contribution in [2.45, 2.75) is 38.8 Å². The lowest BCUT2D eigenvalue weighted by atomic mass is 9.77. The predicted octanol–water partition coefficient (Wildman–Crippen LogP) is 0.602. The smallest absolute Gasteiger partial charge is 0.311 e. The Bertz CT molecular complexity index is 288. The summed E-state index contributed by atoms with van der Waals surface area (Å²) in [6.07, 6.45) is 0. The lowest BCUT2D eigenvalue weighted by Gasteiger charge is -2.33. The number of carbonyl (C=O) groups excluding carboxylic acids is 1. The van der Waals surface area contributed by atoms with Gasteiger partial charge in [-0.25, -0.2) is 0 Å². The van der Waals surface area contributed by atoms with Crippen LogP contribution in [0, 0.1) is 11.8 Å². The summed E-state index contributed by atoms with van der Waals surface area (Å²) in [5.74, 6) is -1.45. The van der Waals surface area contributed by atoms with Crippen molar-refractivity contribution in [2.75, 3.05) is 13.7 Å². The second kappa shape index (κ2) is 3.98. The Hall–Kier alpha value is -0.650. The van der Waals surface area contributed by atoms with Crippen LogP contribution in [-0.4, -0.2) is 40.9 Å². The minimum absolute atomic E-state index is 0.199. The zero-order valence-electron chi connectivity index (χ0n) is 10.5. The van der Waals surface area contributed by atoms with E-state index in [1.54, 1.807) is 27.7 Å². The number of aliphatic hydroxyl groups excluding tert-OH is 1. The summed E-state index contributed by atoms with van der Waals surface area (Å²) in [6, 6.07) is 0. The van der Waals surface area contributed by atoms with Gasteiger partial charge in [0.2, 0.25) is 0 Å². The van der Waals surface area contributed by atoms with Gasteiger partial charge in [0, 0.05) is 12.5 Å². The van der Waals surface area contributed by atoms with E-state index in [1.165, 1.54) is 7.11 Å². The molecule has 1 N–H and O–H groups in total. The highest BCUT2D eigenvalue weighted by Crippen LogP contribution is 2.48. The van der Waals surface area contributed by atoms with Crippen LogP contribution in [0.2, 0.25) is 0 Å². The van der Waals surface area contributed by atoms with Gasteiger partial charge < -0.3 is 9.84 Å². The summed E-state index contributed by atoms with van der Waals surface area (Å²) >= 11 is 0. The molecule has 1 aliphatic rings. The normalized spacial score (nSPS) is 32.7. The van der Waals surface area contributed by atoms with Crippen molar-refractivity contribution in [3.8, 4) is 0 Å². The average molecular weight is 230 g/mol. The van der Waals surface area contributed by atoms with Crippen LogP contribution < -0.4 is 0 Å². The fourth-order valence-electron chi connectivity index (χ4n) is 2.83. The summed E-state index contributed by atoms with van der Waals surface area (Å²) in [6.45, 7) is 6.70. The Morgan fingerprint density at radius 3 is 2.19 bits per heavy atom. The summed E-state index contributed by atoms with van der Waals surface area (Å²) in [7, 11) is 1.30. The number of carbonyl (C=O) groups is 1. The quantitative estimate of drug-likeness (QED) is 0.705. The van der Waals surface area contributed by atoms with Crippen molar-refractivity contribution in [2.24, 2.45) is 11.8 Å². The number of nitrogens with zero attached hydrogens (tertiary/aromatic N) is 1. The van der Waals surface area contributed by atoms with Crippen LogP contribution in [0.4, 0.5) is 0 Å². The maximum Gasteiger partial charge on any atom is 0.311 e. The molecule has 0 aromatic heterocycles.